The van der Waals surface area contributed by atoms with Crippen LogP contribution in [-0.2, 0) is 12.8 Å². The molecule has 98 valence electrons. The van der Waals surface area contributed by atoms with Gasteiger partial charge in [-0.15, -0.1) is 0 Å². The smallest absolute Gasteiger partial charge is 0.122 e. The van der Waals surface area contributed by atoms with Gasteiger partial charge in [-0.3, -0.25) is 0 Å². The molecule has 0 aliphatic rings. The van der Waals surface area contributed by atoms with E-state index < -0.39 is 0 Å². The van der Waals surface area contributed by atoms with Crippen LogP contribution in [0.2, 0.25) is 0 Å². The fraction of sp³-hybridized carbons (Fsp3) is 0.533. The van der Waals surface area contributed by atoms with E-state index in [2.05, 4.69) is 30.4 Å². The summed E-state index contributed by atoms with van der Waals surface area (Å²) in [6.45, 7) is 3.99. The first-order valence-electron chi connectivity index (χ1n) is 6.55. The molecule has 0 atom stereocenters. The van der Waals surface area contributed by atoms with E-state index in [-0.39, 0.29) is 0 Å². The average molecular weight is 246 g/mol. The number of benzene rings is 1. The Balaban J connectivity index is 2.42. The quantitative estimate of drug-likeness (QED) is 0.717. The Labute approximate surface area is 110 Å². The first-order chi connectivity index (χ1) is 8.81. The Kier molecular flexibility index (Phi) is 6.90. The van der Waals surface area contributed by atoms with Gasteiger partial charge in [0.2, 0.25) is 0 Å². The molecule has 1 rings (SSSR count). The number of methoxy groups -OCH3 is 1. The van der Waals surface area contributed by atoms with Crippen molar-refractivity contribution in [1.82, 2.24) is 5.32 Å². The third-order valence-corrected chi connectivity index (χ3v) is 2.97. The highest BCUT2D eigenvalue weighted by atomic mass is 16.5. The minimum atomic E-state index is 0.627. The maximum Gasteiger partial charge on any atom is 0.122 e. The van der Waals surface area contributed by atoms with Crippen molar-refractivity contribution in [2.45, 2.75) is 32.6 Å². The van der Waals surface area contributed by atoms with Crippen LogP contribution >= 0.6 is 0 Å². The van der Waals surface area contributed by atoms with Gasteiger partial charge < -0.3 is 10.1 Å². The summed E-state index contributed by atoms with van der Waals surface area (Å²) >= 11 is 0. The summed E-state index contributed by atoms with van der Waals surface area (Å²) in [5.74, 6) is 0.964. The largest absolute Gasteiger partial charge is 0.496 e. The second-order valence-corrected chi connectivity index (χ2v) is 4.26. The van der Waals surface area contributed by atoms with E-state index in [0.717, 1.165) is 38.1 Å². The molecule has 1 aromatic rings. The van der Waals surface area contributed by atoms with Gasteiger partial charge >= 0.3 is 0 Å². The van der Waals surface area contributed by atoms with Crippen LogP contribution in [-0.4, -0.2) is 20.2 Å². The molecule has 0 bridgehead atoms. The third kappa shape index (κ3) is 4.77. The van der Waals surface area contributed by atoms with Crippen molar-refractivity contribution in [2.75, 3.05) is 20.2 Å². The van der Waals surface area contributed by atoms with Gasteiger partial charge in [0, 0.05) is 6.42 Å². The predicted molar refractivity (Wildman–Crippen MR) is 73.8 cm³/mol. The lowest BCUT2D eigenvalue weighted by molar-refractivity contribution is 0.409. The Bertz CT molecular complexity index is 396. The zero-order valence-corrected chi connectivity index (χ0v) is 11.3. The van der Waals surface area contributed by atoms with Crippen molar-refractivity contribution in [2.24, 2.45) is 0 Å². The van der Waals surface area contributed by atoms with Crippen LogP contribution in [0.1, 0.15) is 30.9 Å². The van der Waals surface area contributed by atoms with E-state index in [4.69, 9.17) is 10.00 Å². The van der Waals surface area contributed by atoms with Gasteiger partial charge in [0.15, 0.2) is 0 Å². The van der Waals surface area contributed by atoms with Gasteiger partial charge in [0.05, 0.1) is 13.2 Å². The summed E-state index contributed by atoms with van der Waals surface area (Å²) in [4.78, 5) is 0. The van der Waals surface area contributed by atoms with Gasteiger partial charge in [-0.1, -0.05) is 19.1 Å². The van der Waals surface area contributed by atoms with Gasteiger partial charge in [0.25, 0.3) is 0 Å². The summed E-state index contributed by atoms with van der Waals surface area (Å²) < 4.78 is 5.37. The van der Waals surface area contributed by atoms with Gasteiger partial charge in [-0.25, -0.2) is 0 Å². The number of ether oxygens (including phenoxy) is 1. The lowest BCUT2D eigenvalue weighted by atomic mass is 10.1. The first kappa shape index (κ1) is 14.5. The fourth-order valence-corrected chi connectivity index (χ4v) is 1.89. The highest BCUT2D eigenvalue weighted by Crippen LogP contribution is 2.20. The van der Waals surface area contributed by atoms with Crippen LogP contribution in [0.5, 0.6) is 5.75 Å². The highest BCUT2D eigenvalue weighted by Gasteiger charge is 2.03. The Morgan fingerprint density at radius 1 is 1.33 bits per heavy atom. The molecule has 18 heavy (non-hydrogen) atoms. The molecule has 1 N–H and O–H groups in total. The number of unbranched alkanes of at least 4 members (excludes halogenated alkanes) is 1. The van der Waals surface area contributed by atoms with Gasteiger partial charge in [-0.2, -0.15) is 5.26 Å². The molecule has 0 saturated carbocycles. The monoisotopic (exact) mass is 246 g/mol. The second kappa shape index (κ2) is 8.54. The summed E-state index contributed by atoms with van der Waals surface area (Å²) in [6.07, 6.45) is 3.56. The molecular formula is C15H22N2O. The first-order valence-corrected chi connectivity index (χ1v) is 6.55. The number of nitrogens with zero attached hydrogens (tertiary/aromatic N) is 1. The van der Waals surface area contributed by atoms with Crippen LogP contribution in [0, 0.1) is 11.3 Å². The molecule has 0 heterocycles. The highest BCUT2D eigenvalue weighted by molar-refractivity contribution is 5.37. The number of aryl methyl sites for hydroxylation is 1. The minimum Gasteiger partial charge on any atom is -0.496 e. The molecule has 0 aliphatic carbocycles. The van der Waals surface area contributed by atoms with Crippen molar-refractivity contribution in [1.29, 1.82) is 5.26 Å². The zero-order chi connectivity index (χ0) is 13.2. The Morgan fingerprint density at radius 2 is 2.17 bits per heavy atom. The number of hydrogen-bond acceptors (Lipinski definition) is 3. The van der Waals surface area contributed by atoms with Gasteiger partial charge in [0.1, 0.15) is 5.75 Å². The van der Waals surface area contributed by atoms with E-state index in [1.165, 1.54) is 11.1 Å². The van der Waals surface area contributed by atoms with Crippen molar-refractivity contribution >= 4 is 0 Å². The molecule has 0 saturated heterocycles. The normalized spacial score (nSPS) is 10.1. The van der Waals surface area contributed by atoms with Crippen LogP contribution in [0.3, 0.4) is 0 Å². The van der Waals surface area contributed by atoms with Crippen LogP contribution in [0.25, 0.3) is 0 Å². The molecule has 0 radical (unpaired) electrons. The number of hydrogen-bond donors (Lipinski definition) is 1. The summed E-state index contributed by atoms with van der Waals surface area (Å²) in [6, 6.07) is 8.53. The van der Waals surface area contributed by atoms with Crippen molar-refractivity contribution in [3.8, 4) is 11.8 Å². The maximum absolute atomic E-state index is 8.43. The molecule has 1 aromatic carbocycles. The lowest BCUT2D eigenvalue weighted by Crippen LogP contribution is -2.18. The molecule has 0 amide bonds. The van der Waals surface area contributed by atoms with E-state index in [1.54, 1.807) is 7.11 Å². The van der Waals surface area contributed by atoms with Crippen molar-refractivity contribution in [3.05, 3.63) is 29.3 Å². The average Bonchev–Trinajstić information content (AvgIpc) is 2.42. The molecule has 0 spiro atoms. The number of nitriles is 1. The fourth-order valence-electron chi connectivity index (χ4n) is 1.89. The SMILES string of the molecule is CCc1ccc(OC)c(CCNCCCC#N)c1. The molecule has 3 heteroatoms. The maximum atomic E-state index is 8.43. The third-order valence-electron chi connectivity index (χ3n) is 2.97. The molecular weight excluding hydrogens is 224 g/mol. The molecule has 3 nitrogen and oxygen atoms in total. The second-order valence-electron chi connectivity index (χ2n) is 4.26. The lowest BCUT2D eigenvalue weighted by Gasteiger charge is -2.10. The molecule has 0 aliphatic heterocycles. The van der Waals surface area contributed by atoms with E-state index in [0.29, 0.717) is 6.42 Å². The van der Waals surface area contributed by atoms with Crippen molar-refractivity contribution in [3.63, 3.8) is 0 Å². The van der Waals surface area contributed by atoms with Crippen LogP contribution < -0.4 is 10.1 Å². The topological polar surface area (TPSA) is 45.0 Å². The van der Waals surface area contributed by atoms with Crippen LogP contribution in [0.15, 0.2) is 18.2 Å². The van der Waals surface area contributed by atoms with Gasteiger partial charge in [-0.05, 0) is 49.5 Å². The number of nitrogens with one attached hydrogen (secondary N) is 1. The van der Waals surface area contributed by atoms with Crippen molar-refractivity contribution < 1.29 is 4.74 Å². The zero-order valence-electron chi connectivity index (χ0n) is 11.3. The number of rotatable bonds is 8. The molecule has 0 aromatic heterocycles. The Morgan fingerprint density at radius 3 is 2.83 bits per heavy atom. The van der Waals surface area contributed by atoms with E-state index in [9.17, 15) is 0 Å². The molecule has 0 unspecified atom stereocenters. The molecule has 0 fully saturated rings. The van der Waals surface area contributed by atoms with E-state index in [1.807, 2.05) is 6.07 Å². The summed E-state index contributed by atoms with van der Waals surface area (Å²) in [7, 11) is 1.71. The minimum absolute atomic E-state index is 0.627. The summed E-state index contributed by atoms with van der Waals surface area (Å²) in [5.41, 5.74) is 2.60. The standard InChI is InChI=1S/C15H22N2O/c1-3-13-6-7-15(18-2)14(12-13)8-11-17-10-5-4-9-16/h6-7,12,17H,3-5,8,10-11H2,1-2H3. The Hall–Kier alpha value is -1.53. The predicted octanol–water partition coefficient (Wildman–Crippen LogP) is 2.69. The van der Waals surface area contributed by atoms with E-state index >= 15 is 0 Å². The van der Waals surface area contributed by atoms with Crippen LogP contribution in [0.4, 0.5) is 0 Å². The summed E-state index contributed by atoms with van der Waals surface area (Å²) in [5, 5.41) is 11.8.